The summed E-state index contributed by atoms with van der Waals surface area (Å²) in [7, 11) is 1.45. The highest BCUT2D eigenvalue weighted by molar-refractivity contribution is 6.30. The SMILES string of the molecule is COc1cc([N+](=O)[O-])ccc1-c1ccc(/C=N\NCc2ccc(Cl)cc2)o1. The average molecular weight is 386 g/mol. The number of nitro groups is 1. The van der Waals surface area contributed by atoms with Crippen LogP contribution in [0.3, 0.4) is 0 Å². The van der Waals surface area contributed by atoms with E-state index >= 15 is 0 Å². The Kier molecular flexibility index (Phi) is 5.73. The van der Waals surface area contributed by atoms with Gasteiger partial charge >= 0.3 is 0 Å². The van der Waals surface area contributed by atoms with Crippen LogP contribution in [0.15, 0.2) is 64.1 Å². The fraction of sp³-hybridized carbons (Fsp3) is 0.105. The number of halogens is 1. The zero-order valence-corrected chi connectivity index (χ0v) is 15.1. The molecule has 0 aliphatic carbocycles. The van der Waals surface area contributed by atoms with E-state index < -0.39 is 4.92 Å². The molecule has 1 heterocycles. The number of nitro benzene ring substituents is 1. The summed E-state index contributed by atoms with van der Waals surface area (Å²) in [6, 6.07) is 15.3. The molecule has 0 bridgehead atoms. The topological polar surface area (TPSA) is 89.9 Å². The van der Waals surface area contributed by atoms with Crippen LogP contribution in [0.1, 0.15) is 11.3 Å². The molecule has 2 aromatic carbocycles. The Bertz CT molecular complexity index is 967. The number of furan rings is 1. The van der Waals surface area contributed by atoms with Gasteiger partial charge < -0.3 is 14.6 Å². The molecule has 0 spiro atoms. The number of non-ortho nitro benzene ring substituents is 1. The largest absolute Gasteiger partial charge is 0.496 e. The predicted molar refractivity (Wildman–Crippen MR) is 103 cm³/mol. The number of ether oxygens (including phenoxy) is 1. The standard InChI is InChI=1S/C19H16ClN3O4/c1-26-19-10-15(23(24)25)6-8-17(19)18-9-7-16(27-18)12-22-21-11-13-2-4-14(20)5-3-13/h2-10,12,21H,11H2,1H3/b22-12-. The maximum absolute atomic E-state index is 10.9. The average Bonchev–Trinajstić information content (AvgIpc) is 3.14. The third kappa shape index (κ3) is 4.65. The third-order valence-corrected chi connectivity index (χ3v) is 4.02. The van der Waals surface area contributed by atoms with E-state index in [2.05, 4.69) is 10.5 Å². The first-order valence-electron chi connectivity index (χ1n) is 8.00. The van der Waals surface area contributed by atoms with Gasteiger partial charge in [0.2, 0.25) is 0 Å². The fourth-order valence-electron chi connectivity index (χ4n) is 2.41. The van der Waals surface area contributed by atoms with Gasteiger partial charge in [0.05, 0.1) is 36.4 Å². The highest BCUT2D eigenvalue weighted by Crippen LogP contribution is 2.33. The van der Waals surface area contributed by atoms with E-state index in [1.807, 2.05) is 24.3 Å². The molecule has 1 aromatic heterocycles. The van der Waals surface area contributed by atoms with E-state index in [0.29, 0.717) is 34.4 Å². The van der Waals surface area contributed by atoms with Crippen molar-refractivity contribution >= 4 is 23.5 Å². The van der Waals surface area contributed by atoms with Gasteiger partial charge in [-0.25, -0.2) is 0 Å². The number of hydrazone groups is 1. The molecule has 0 saturated carbocycles. The quantitative estimate of drug-likeness (QED) is 0.363. The summed E-state index contributed by atoms with van der Waals surface area (Å²) in [6.07, 6.45) is 1.55. The van der Waals surface area contributed by atoms with Crippen molar-refractivity contribution in [2.24, 2.45) is 5.10 Å². The first kappa shape index (κ1) is 18.5. The van der Waals surface area contributed by atoms with Crippen LogP contribution in [-0.4, -0.2) is 18.2 Å². The highest BCUT2D eigenvalue weighted by atomic mass is 35.5. The van der Waals surface area contributed by atoms with Crippen LogP contribution in [0, 0.1) is 10.1 Å². The van der Waals surface area contributed by atoms with Gasteiger partial charge in [0.25, 0.3) is 5.69 Å². The van der Waals surface area contributed by atoms with E-state index in [1.54, 1.807) is 24.4 Å². The number of nitrogens with one attached hydrogen (secondary N) is 1. The maximum Gasteiger partial charge on any atom is 0.273 e. The van der Waals surface area contributed by atoms with Crippen molar-refractivity contribution in [1.29, 1.82) is 0 Å². The number of nitrogens with zero attached hydrogens (tertiary/aromatic N) is 2. The van der Waals surface area contributed by atoms with Crippen LogP contribution in [0.25, 0.3) is 11.3 Å². The number of hydrogen-bond donors (Lipinski definition) is 1. The maximum atomic E-state index is 10.9. The van der Waals surface area contributed by atoms with Crippen molar-refractivity contribution < 1.29 is 14.1 Å². The Morgan fingerprint density at radius 3 is 2.70 bits per heavy atom. The molecular formula is C19H16ClN3O4. The predicted octanol–water partition coefficient (Wildman–Crippen LogP) is 4.64. The molecule has 0 radical (unpaired) electrons. The molecule has 8 heteroatoms. The van der Waals surface area contributed by atoms with Crippen molar-refractivity contribution in [2.75, 3.05) is 7.11 Å². The lowest BCUT2D eigenvalue weighted by Gasteiger charge is -2.05. The van der Waals surface area contributed by atoms with Crippen molar-refractivity contribution in [2.45, 2.75) is 6.54 Å². The van der Waals surface area contributed by atoms with Gasteiger partial charge in [0.1, 0.15) is 17.3 Å². The summed E-state index contributed by atoms with van der Waals surface area (Å²) in [5, 5.41) is 15.7. The van der Waals surface area contributed by atoms with Crippen LogP contribution in [-0.2, 0) is 6.54 Å². The molecule has 7 nitrogen and oxygen atoms in total. The van der Waals surface area contributed by atoms with Crippen LogP contribution < -0.4 is 10.2 Å². The minimum Gasteiger partial charge on any atom is -0.496 e. The van der Waals surface area contributed by atoms with E-state index in [0.717, 1.165) is 5.56 Å². The molecule has 0 atom stereocenters. The molecule has 0 fully saturated rings. The second-order valence-electron chi connectivity index (χ2n) is 5.56. The van der Waals surface area contributed by atoms with E-state index in [1.165, 1.54) is 19.2 Å². The molecule has 3 rings (SSSR count). The fourth-order valence-corrected chi connectivity index (χ4v) is 2.54. The minimum atomic E-state index is -0.473. The van der Waals surface area contributed by atoms with Gasteiger partial charge in [-0.3, -0.25) is 10.1 Å². The van der Waals surface area contributed by atoms with Gasteiger partial charge in [-0.15, -0.1) is 0 Å². The lowest BCUT2D eigenvalue weighted by molar-refractivity contribution is -0.384. The lowest BCUT2D eigenvalue weighted by Crippen LogP contribution is -2.05. The van der Waals surface area contributed by atoms with Crippen molar-refractivity contribution in [3.63, 3.8) is 0 Å². The van der Waals surface area contributed by atoms with E-state index in [-0.39, 0.29) is 5.69 Å². The Labute approximate surface area is 160 Å². The zero-order valence-electron chi connectivity index (χ0n) is 14.4. The Hall–Kier alpha value is -3.32. The number of benzene rings is 2. The third-order valence-electron chi connectivity index (χ3n) is 3.77. The number of hydrogen-bond acceptors (Lipinski definition) is 6. The number of rotatable bonds is 7. The molecule has 0 amide bonds. The Morgan fingerprint density at radius 2 is 2.00 bits per heavy atom. The molecule has 138 valence electrons. The van der Waals surface area contributed by atoms with Gasteiger partial charge in [-0.1, -0.05) is 23.7 Å². The summed E-state index contributed by atoms with van der Waals surface area (Å²) < 4.78 is 11.0. The number of methoxy groups -OCH3 is 1. The molecule has 1 N–H and O–H groups in total. The molecule has 0 aliphatic rings. The van der Waals surface area contributed by atoms with E-state index in [9.17, 15) is 10.1 Å². The molecule has 3 aromatic rings. The molecule has 27 heavy (non-hydrogen) atoms. The van der Waals surface area contributed by atoms with Gasteiger partial charge in [-0.2, -0.15) is 5.10 Å². The minimum absolute atomic E-state index is 0.0460. The van der Waals surface area contributed by atoms with Crippen molar-refractivity contribution in [1.82, 2.24) is 5.43 Å². The van der Waals surface area contributed by atoms with Gasteiger partial charge in [0, 0.05) is 11.1 Å². The molecule has 0 aliphatic heterocycles. The van der Waals surface area contributed by atoms with E-state index in [4.69, 9.17) is 20.8 Å². The normalized spacial score (nSPS) is 10.9. The second kappa shape index (κ2) is 8.37. The zero-order chi connectivity index (χ0) is 19.2. The van der Waals surface area contributed by atoms with Gasteiger partial charge in [-0.05, 0) is 35.9 Å². The first-order chi connectivity index (χ1) is 13.1. The molecule has 0 unspecified atom stereocenters. The summed E-state index contributed by atoms with van der Waals surface area (Å²) in [6.45, 7) is 0.553. The molecule has 0 saturated heterocycles. The second-order valence-corrected chi connectivity index (χ2v) is 6.00. The Balaban J connectivity index is 1.67. The lowest BCUT2D eigenvalue weighted by atomic mass is 10.1. The smallest absolute Gasteiger partial charge is 0.273 e. The summed E-state index contributed by atoms with van der Waals surface area (Å²) >= 11 is 5.85. The Morgan fingerprint density at radius 1 is 1.22 bits per heavy atom. The first-order valence-corrected chi connectivity index (χ1v) is 8.37. The molecular weight excluding hydrogens is 370 g/mol. The van der Waals surface area contributed by atoms with Crippen LogP contribution in [0.5, 0.6) is 5.75 Å². The van der Waals surface area contributed by atoms with Crippen LogP contribution in [0.4, 0.5) is 5.69 Å². The van der Waals surface area contributed by atoms with Crippen LogP contribution in [0.2, 0.25) is 5.02 Å². The van der Waals surface area contributed by atoms with Crippen molar-refractivity contribution in [3.05, 3.63) is 81.1 Å². The summed E-state index contributed by atoms with van der Waals surface area (Å²) in [5.41, 5.74) is 4.55. The van der Waals surface area contributed by atoms with Crippen LogP contribution >= 0.6 is 11.6 Å². The van der Waals surface area contributed by atoms with Crippen molar-refractivity contribution in [3.8, 4) is 17.1 Å². The monoisotopic (exact) mass is 385 g/mol. The summed E-state index contributed by atoms with van der Waals surface area (Å²) in [4.78, 5) is 10.4. The summed E-state index contributed by atoms with van der Waals surface area (Å²) in [5.74, 6) is 1.43. The van der Waals surface area contributed by atoms with Gasteiger partial charge in [0.15, 0.2) is 0 Å². The highest BCUT2D eigenvalue weighted by Gasteiger charge is 2.15.